The Balaban J connectivity index is 2.83. The summed E-state index contributed by atoms with van der Waals surface area (Å²) < 4.78 is 4.61. The number of rotatable bonds is 4. The van der Waals surface area contributed by atoms with Crippen LogP contribution in [0.4, 0.5) is 5.69 Å². The predicted octanol–water partition coefficient (Wildman–Crippen LogP) is 2.44. The van der Waals surface area contributed by atoms with Crippen molar-refractivity contribution in [1.82, 2.24) is 0 Å². The molecular weight excluding hydrogens is 230 g/mol. The SMILES string of the molecule is CCC(C(=O)Nc1ccc(C)cc1C)C(=O)OC. The second-order valence-corrected chi connectivity index (χ2v) is 4.29. The quantitative estimate of drug-likeness (QED) is 0.658. The zero-order valence-corrected chi connectivity index (χ0v) is 11.2. The molecule has 1 rings (SSSR count). The molecule has 0 aromatic heterocycles. The summed E-state index contributed by atoms with van der Waals surface area (Å²) >= 11 is 0. The Morgan fingerprint density at radius 3 is 2.50 bits per heavy atom. The van der Waals surface area contributed by atoms with E-state index in [0.717, 1.165) is 16.8 Å². The van der Waals surface area contributed by atoms with E-state index in [1.165, 1.54) is 7.11 Å². The maximum atomic E-state index is 12.0. The lowest BCUT2D eigenvalue weighted by Gasteiger charge is -2.14. The summed E-state index contributed by atoms with van der Waals surface area (Å²) in [6.45, 7) is 5.69. The van der Waals surface area contributed by atoms with Crippen molar-refractivity contribution in [2.45, 2.75) is 27.2 Å². The van der Waals surface area contributed by atoms with E-state index in [1.807, 2.05) is 32.0 Å². The van der Waals surface area contributed by atoms with Gasteiger partial charge in [-0.2, -0.15) is 0 Å². The van der Waals surface area contributed by atoms with E-state index in [-0.39, 0.29) is 5.91 Å². The van der Waals surface area contributed by atoms with Gasteiger partial charge < -0.3 is 10.1 Å². The van der Waals surface area contributed by atoms with Crippen molar-refractivity contribution in [2.75, 3.05) is 12.4 Å². The number of hydrogen-bond acceptors (Lipinski definition) is 3. The zero-order chi connectivity index (χ0) is 13.7. The molecule has 1 unspecified atom stereocenters. The molecule has 18 heavy (non-hydrogen) atoms. The topological polar surface area (TPSA) is 55.4 Å². The van der Waals surface area contributed by atoms with Gasteiger partial charge >= 0.3 is 5.97 Å². The van der Waals surface area contributed by atoms with Gasteiger partial charge in [0, 0.05) is 5.69 Å². The molecule has 0 aliphatic carbocycles. The van der Waals surface area contributed by atoms with Crippen molar-refractivity contribution in [3.8, 4) is 0 Å². The summed E-state index contributed by atoms with van der Waals surface area (Å²) in [5.74, 6) is -1.58. The van der Waals surface area contributed by atoms with Gasteiger partial charge in [-0.1, -0.05) is 24.6 Å². The van der Waals surface area contributed by atoms with E-state index in [2.05, 4.69) is 10.1 Å². The highest BCUT2D eigenvalue weighted by atomic mass is 16.5. The molecule has 0 aliphatic heterocycles. The number of hydrogen-bond donors (Lipinski definition) is 1. The second-order valence-electron chi connectivity index (χ2n) is 4.29. The minimum Gasteiger partial charge on any atom is -0.468 e. The van der Waals surface area contributed by atoms with E-state index >= 15 is 0 Å². The molecule has 1 aromatic rings. The number of methoxy groups -OCH3 is 1. The molecule has 1 atom stereocenters. The van der Waals surface area contributed by atoms with Crippen LogP contribution in [0.1, 0.15) is 24.5 Å². The molecule has 0 saturated heterocycles. The molecular formula is C14H19NO3. The van der Waals surface area contributed by atoms with E-state index in [9.17, 15) is 9.59 Å². The fourth-order valence-corrected chi connectivity index (χ4v) is 1.78. The third-order valence-electron chi connectivity index (χ3n) is 2.85. The van der Waals surface area contributed by atoms with Crippen LogP contribution in [0.3, 0.4) is 0 Å². The average molecular weight is 249 g/mol. The second kappa shape index (κ2) is 6.19. The molecule has 1 aromatic carbocycles. The number of benzene rings is 1. The minimum absolute atomic E-state index is 0.323. The smallest absolute Gasteiger partial charge is 0.318 e. The van der Waals surface area contributed by atoms with Crippen molar-refractivity contribution >= 4 is 17.6 Å². The summed E-state index contributed by atoms with van der Waals surface area (Å²) in [5.41, 5.74) is 2.83. The Kier molecular flexibility index (Phi) is 4.89. The molecule has 0 saturated carbocycles. The highest BCUT2D eigenvalue weighted by Crippen LogP contribution is 2.18. The van der Waals surface area contributed by atoms with Crippen LogP contribution in [0, 0.1) is 19.8 Å². The number of nitrogens with one attached hydrogen (secondary N) is 1. The molecule has 0 radical (unpaired) electrons. The molecule has 0 aliphatic rings. The van der Waals surface area contributed by atoms with Crippen LogP contribution in [0.5, 0.6) is 0 Å². The molecule has 4 heteroatoms. The van der Waals surface area contributed by atoms with Gasteiger partial charge in [0.25, 0.3) is 0 Å². The standard InChI is InChI=1S/C14H19NO3/c1-5-11(14(17)18-4)13(16)15-12-7-6-9(2)8-10(12)3/h6-8,11H,5H2,1-4H3,(H,15,16). The fourth-order valence-electron chi connectivity index (χ4n) is 1.78. The Bertz CT molecular complexity index is 454. The number of carbonyl (C=O) groups excluding carboxylic acids is 2. The summed E-state index contributed by atoms with van der Waals surface area (Å²) in [6.07, 6.45) is 0.420. The molecule has 0 spiro atoms. The lowest BCUT2D eigenvalue weighted by molar-refractivity contribution is -0.148. The minimum atomic E-state index is -0.754. The lowest BCUT2D eigenvalue weighted by Crippen LogP contribution is -2.30. The third-order valence-corrected chi connectivity index (χ3v) is 2.85. The van der Waals surface area contributed by atoms with Gasteiger partial charge in [-0.25, -0.2) is 0 Å². The highest BCUT2D eigenvalue weighted by molar-refractivity contribution is 6.04. The van der Waals surface area contributed by atoms with Crippen LogP contribution in [-0.2, 0) is 14.3 Å². The van der Waals surface area contributed by atoms with Gasteiger partial charge in [0.15, 0.2) is 0 Å². The van der Waals surface area contributed by atoms with Gasteiger partial charge in [-0.05, 0) is 31.9 Å². The van der Waals surface area contributed by atoms with Gasteiger partial charge in [0.05, 0.1) is 7.11 Å². The summed E-state index contributed by atoms with van der Waals surface area (Å²) in [4.78, 5) is 23.4. The zero-order valence-electron chi connectivity index (χ0n) is 11.2. The fraction of sp³-hybridized carbons (Fsp3) is 0.429. The first-order valence-corrected chi connectivity index (χ1v) is 5.95. The number of ether oxygens (including phenoxy) is 1. The molecule has 0 heterocycles. The monoisotopic (exact) mass is 249 g/mol. The van der Waals surface area contributed by atoms with Crippen LogP contribution in [-0.4, -0.2) is 19.0 Å². The van der Waals surface area contributed by atoms with Crippen LogP contribution in [0.25, 0.3) is 0 Å². The Hall–Kier alpha value is -1.84. The van der Waals surface area contributed by atoms with E-state index in [1.54, 1.807) is 6.92 Å². The highest BCUT2D eigenvalue weighted by Gasteiger charge is 2.25. The van der Waals surface area contributed by atoms with Crippen molar-refractivity contribution in [1.29, 1.82) is 0 Å². The molecule has 1 amide bonds. The van der Waals surface area contributed by atoms with Crippen molar-refractivity contribution in [3.05, 3.63) is 29.3 Å². The first-order chi connectivity index (χ1) is 8.49. The van der Waals surface area contributed by atoms with Crippen LogP contribution in [0.15, 0.2) is 18.2 Å². The summed E-state index contributed by atoms with van der Waals surface area (Å²) in [5, 5.41) is 2.76. The maximum Gasteiger partial charge on any atom is 0.318 e. The van der Waals surface area contributed by atoms with Crippen molar-refractivity contribution < 1.29 is 14.3 Å². The number of amides is 1. The normalized spacial score (nSPS) is 11.8. The Morgan fingerprint density at radius 2 is 2.00 bits per heavy atom. The van der Waals surface area contributed by atoms with E-state index in [0.29, 0.717) is 6.42 Å². The largest absolute Gasteiger partial charge is 0.468 e. The molecule has 1 N–H and O–H groups in total. The maximum absolute atomic E-state index is 12.0. The molecule has 0 fully saturated rings. The van der Waals surface area contributed by atoms with E-state index in [4.69, 9.17) is 0 Å². The van der Waals surface area contributed by atoms with Crippen LogP contribution in [0.2, 0.25) is 0 Å². The first kappa shape index (κ1) is 14.2. The summed E-state index contributed by atoms with van der Waals surface area (Å²) in [6, 6.07) is 5.74. The molecule has 0 bridgehead atoms. The average Bonchev–Trinajstić information content (AvgIpc) is 2.33. The number of anilines is 1. The number of esters is 1. The lowest BCUT2D eigenvalue weighted by atomic mass is 10.1. The Labute approximate surface area is 107 Å². The number of carbonyl (C=O) groups is 2. The van der Waals surface area contributed by atoms with Gasteiger partial charge in [-0.3, -0.25) is 9.59 Å². The molecule has 98 valence electrons. The van der Waals surface area contributed by atoms with Gasteiger partial charge in [0.1, 0.15) is 5.92 Å². The Morgan fingerprint density at radius 1 is 1.33 bits per heavy atom. The first-order valence-electron chi connectivity index (χ1n) is 5.95. The van der Waals surface area contributed by atoms with Gasteiger partial charge in [0.2, 0.25) is 5.91 Å². The molecule has 4 nitrogen and oxygen atoms in total. The van der Waals surface area contributed by atoms with E-state index < -0.39 is 11.9 Å². The van der Waals surface area contributed by atoms with Crippen LogP contribution >= 0.6 is 0 Å². The third kappa shape index (κ3) is 3.32. The van der Waals surface area contributed by atoms with Crippen molar-refractivity contribution in [3.63, 3.8) is 0 Å². The number of aryl methyl sites for hydroxylation is 2. The van der Waals surface area contributed by atoms with Crippen LogP contribution < -0.4 is 5.32 Å². The van der Waals surface area contributed by atoms with Gasteiger partial charge in [-0.15, -0.1) is 0 Å². The summed E-state index contributed by atoms with van der Waals surface area (Å²) in [7, 11) is 1.29. The van der Waals surface area contributed by atoms with Crippen molar-refractivity contribution in [2.24, 2.45) is 5.92 Å². The predicted molar refractivity (Wildman–Crippen MR) is 70.3 cm³/mol.